The number of carbonyl (C=O) groups is 1. The highest BCUT2D eigenvalue weighted by Gasteiger charge is 2.21. The van der Waals surface area contributed by atoms with Gasteiger partial charge >= 0.3 is 5.97 Å². The zero-order valence-corrected chi connectivity index (χ0v) is 12.0. The molecular weight excluding hydrogens is 270 g/mol. The van der Waals surface area contributed by atoms with E-state index in [9.17, 15) is 4.79 Å². The van der Waals surface area contributed by atoms with Crippen LogP contribution in [0.1, 0.15) is 17.3 Å². The highest BCUT2D eigenvalue weighted by atomic mass is 16.5. The van der Waals surface area contributed by atoms with Crippen LogP contribution in [0.4, 0.5) is 11.4 Å². The van der Waals surface area contributed by atoms with Crippen LogP contribution < -0.4 is 15.4 Å². The number of benzene rings is 1. The van der Waals surface area contributed by atoms with Crippen molar-refractivity contribution in [2.75, 3.05) is 37.4 Å². The zero-order valence-electron chi connectivity index (χ0n) is 12.0. The van der Waals surface area contributed by atoms with Crippen LogP contribution in [0.2, 0.25) is 0 Å². The largest absolute Gasteiger partial charge is 0.497 e. The second kappa shape index (κ2) is 5.47. The molecule has 1 aliphatic rings. The molecule has 3 rings (SSSR count). The molecule has 0 radical (unpaired) electrons. The number of anilines is 2. The number of pyridine rings is 1. The fourth-order valence-corrected chi connectivity index (χ4v) is 2.49. The summed E-state index contributed by atoms with van der Waals surface area (Å²) in [4.78, 5) is 16.5. The third-order valence-corrected chi connectivity index (χ3v) is 3.42. The van der Waals surface area contributed by atoms with Crippen molar-refractivity contribution in [2.24, 2.45) is 0 Å². The van der Waals surface area contributed by atoms with Crippen molar-refractivity contribution in [3.8, 4) is 5.75 Å². The Balaban J connectivity index is 2.25. The maximum atomic E-state index is 12.1. The van der Waals surface area contributed by atoms with Crippen molar-refractivity contribution in [3.05, 3.63) is 23.9 Å². The first kappa shape index (κ1) is 13.5. The molecule has 1 aliphatic heterocycles. The van der Waals surface area contributed by atoms with E-state index in [0.717, 1.165) is 34.6 Å². The molecule has 0 unspecified atom stereocenters. The van der Waals surface area contributed by atoms with Crippen molar-refractivity contribution in [1.82, 2.24) is 4.98 Å². The summed E-state index contributed by atoms with van der Waals surface area (Å²) >= 11 is 0. The molecule has 2 heterocycles. The lowest BCUT2D eigenvalue weighted by molar-refractivity contribution is 0.0527. The average molecular weight is 287 g/mol. The summed E-state index contributed by atoms with van der Waals surface area (Å²) in [5, 5.41) is 7.51. The Morgan fingerprint density at radius 2 is 2.14 bits per heavy atom. The Kier molecular flexibility index (Phi) is 3.51. The molecule has 0 bridgehead atoms. The van der Waals surface area contributed by atoms with Crippen molar-refractivity contribution < 1.29 is 14.3 Å². The number of carbonyl (C=O) groups excluding carboxylic acids is 1. The van der Waals surface area contributed by atoms with Gasteiger partial charge in [-0.1, -0.05) is 0 Å². The standard InChI is InChI=1S/C15H17N3O3/c1-3-21-15(19)10-8-18-12-7-9(20-2)6-11-13(12)14(10)17-5-4-16-11/h6-8,16-17H,3-5H2,1-2H3. The van der Waals surface area contributed by atoms with Crippen molar-refractivity contribution in [1.29, 1.82) is 0 Å². The molecular formula is C15H17N3O3. The molecule has 2 N–H and O–H groups in total. The van der Waals surface area contributed by atoms with Crippen LogP contribution in [0.15, 0.2) is 18.3 Å². The molecule has 0 spiro atoms. The molecule has 1 aromatic heterocycles. The smallest absolute Gasteiger partial charge is 0.341 e. The third-order valence-electron chi connectivity index (χ3n) is 3.42. The minimum Gasteiger partial charge on any atom is -0.497 e. The molecule has 110 valence electrons. The average Bonchev–Trinajstić information content (AvgIpc) is 2.71. The number of esters is 1. The number of methoxy groups -OCH3 is 1. The van der Waals surface area contributed by atoms with E-state index >= 15 is 0 Å². The van der Waals surface area contributed by atoms with Crippen molar-refractivity contribution in [3.63, 3.8) is 0 Å². The van der Waals surface area contributed by atoms with Gasteiger partial charge in [0.2, 0.25) is 0 Å². The van der Waals surface area contributed by atoms with Gasteiger partial charge in [-0.25, -0.2) is 4.79 Å². The lowest BCUT2D eigenvalue weighted by atomic mass is 10.1. The third kappa shape index (κ3) is 2.33. The predicted molar refractivity (Wildman–Crippen MR) is 81.2 cm³/mol. The molecule has 21 heavy (non-hydrogen) atoms. The van der Waals surface area contributed by atoms with Gasteiger partial charge in [-0.05, 0) is 6.92 Å². The Hall–Kier alpha value is -2.50. The highest BCUT2D eigenvalue weighted by Crippen LogP contribution is 2.36. The number of ether oxygens (including phenoxy) is 2. The SMILES string of the molecule is CCOC(=O)c1cnc2cc(OC)cc3c2c1NCCN3. The van der Waals surface area contributed by atoms with E-state index in [1.54, 1.807) is 20.2 Å². The Morgan fingerprint density at radius 1 is 1.33 bits per heavy atom. The van der Waals surface area contributed by atoms with Crippen LogP contribution in [0.5, 0.6) is 5.75 Å². The fourth-order valence-electron chi connectivity index (χ4n) is 2.49. The number of rotatable bonds is 3. The van der Waals surface area contributed by atoms with Crippen LogP contribution in [-0.4, -0.2) is 37.8 Å². The first-order valence-corrected chi connectivity index (χ1v) is 6.90. The zero-order chi connectivity index (χ0) is 14.8. The lowest BCUT2D eigenvalue weighted by Crippen LogP contribution is -2.13. The van der Waals surface area contributed by atoms with E-state index in [1.807, 2.05) is 12.1 Å². The van der Waals surface area contributed by atoms with E-state index < -0.39 is 0 Å². The van der Waals surface area contributed by atoms with Gasteiger partial charge in [-0.15, -0.1) is 0 Å². The van der Waals surface area contributed by atoms with Crippen molar-refractivity contribution in [2.45, 2.75) is 6.92 Å². The Morgan fingerprint density at radius 3 is 2.90 bits per heavy atom. The first-order valence-electron chi connectivity index (χ1n) is 6.90. The summed E-state index contributed by atoms with van der Waals surface area (Å²) in [5.74, 6) is 0.368. The van der Waals surface area contributed by atoms with Gasteiger partial charge in [0.05, 0.1) is 24.9 Å². The van der Waals surface area contributed by atoms with E-state index in [2.05, 4.69) is 15.6 Å². The van der Waals surface area contributed by atoms with Gasteiger partial charge in [0.25, 0.3) is 0 Å². The molecule has 0 fully saturated rings. The maximum Gasteiger partial charge on any atom is 0.341 e. The second-order valence-corrected chi connectivity index (χ2v) is 4.69. The summed E-state index contributed by atoms with van der Waals surface area (Å²) in [6.07, 6.45) is 1.55. The molecule has 1 aromatic carbocycles. The number of hydrogen-bond donors (Lipinski definition) is 2. The van der Waals surface area contributed by atoms with Crippen LogP contribution in [0.3, 0.4) is 0 Å². The van der Waals surface area contributed by atoms with E-state index in [1.165, 1.54) is 0 Å². The molecule has 0 aliphatic carbocycles. The second-order valence-electron chi connectivity index (χ2n) is 4.69. The van der Waals surface area contributed by atoms with Gasteiger partial charge in [-0.2, -0.15) is 0 Å². The van der Waals surface area contributed by atoms with Crippen molar-refractivity contribution >= 4 is 28.2 Å². The predicted octanol–water partition coefficient (Wildman–Crippen LogP) is 2.26. The summed E-state index contributed by atoms with van der Waals surface area (Å²) < 4.78 is 10.4. The van der Waals surface area contributed by atoms with Gasteiger partial charge in [0.1, 0.15) is 11.3 Å². The number of nitrogens with one attached hydrogen (secondary N) is 2. The minimum absolute atomic E-state index is 0.337. The molecule has 0 amide bonds. The van der Waals surface area contributed by atoms with Crippen LogP contribution in [0.25, 0.3) is 10.9 Å². The molecule has 2 aromatic rings. The first-order chi connectivity index (χ1) is 10.2. The van der Waals surface area contributed by atoms with Gasteiger partial charge < -0.3 is 20.1 Å². The van der Waals surface area contributed by atoms with Crippen LogP contribution >= 0.6 is 0 Å². The topological polar surface area (TPSA) is 72.5 Å². The highest BCUT2D eigenvalue weighted by molar-refractivity contribution is 6.10. The van der Waals surface area contributed by atoms with Crippen LogP contribution in [-0.2, 0) is 4.74 Å². The summed E-state index contributed by atoms with van der Waals surface area (Å²) in [5.41, 5.74) is 2.90. The Bertz CT molecular complexity index is 700. The quantitative estimate of drug-likeness (QED) is 0.844. The molecule has 6 heteroatoms. The summed E-state index contributed by atoms with van der Waals surface area (Å²) in [7, 11) is 1.62. The normalized spacial score (nSPS) is 13.0. The molecule has 6 nitrogen and oxygen atoms in total. The van der Waals surface area contributed by atoms with E-state index in [0.29, 0.717) is 18.7 Å². The van der Waals surface area contributed by atoms with E-state index in [4.69, 9.17) is 9.47 Å². The number of nitrogens with zero attached hydrogens (tertiary/aromatic N) is 1. The van der Waals surface area contributed by atoms with Gasteiger partial charge in [0, 0.05) is 42.5 Å². The monoisotopic (exact) mass is 287 g/mol. The molecule has 0 atom stereocenters. The Labute approximate surface area is 122 Å². The fraction of sp³-hybridized carbons (Fsp3) is 0.333. The van der Waals surface area contributed by atoms with Crippen LogP contribution in [0, 0.1) is 0 Å². The lowest BCUT2D eigenvalue weighted by Gasteiger charge is -2.13. The summed E-state index contributed by atoms with van der Waals surface area (Å²) in [6.45, 7) is 3.58. The maximum absolute atomic E-state index is 12.1. The number of hydrogen-bond acceptors (Lipinski definition) is 6. The van der Waals surface area contributed by atoms with Gasteiger partial charge in [-0.3, -0.25) is 4.98 Å². The van der Waals surface area contributed by atoms with Gasteiger partial charge in [0.15, 0.2) is 0 Å². The minimum atomic E-state index is -0.363. The molecule has 0 saturated carbocycles. The molecule has 0 saturated heterocycles. The number of aromatic nitrogens is 1. The van der Waals surface area contributed by atoms with E-state index in [-0.39, 0.29) is 5.97 Å². The summed E-state index contributed by atoms with van der Waals surface area (Å²) in [6, 6.07) is 3.77.